The molecule has 1 amide bonds. The average Bonchev–Trinajstić information content (AvgIpc) is 2.95. The summed E-state index contributed by atoms with van der Waals surface area (Å²) in [5, 5.41) is 13.2. The van der Waals surface area contributed by atoms with E-state index in [2.05, 4.69) is 20.7 Å². The standard InChI is InChI=1S/C14H12N4O2/c1-20-11-5-3-10(4-6-11)15-14(19)9-2-7-12-13(8-9)17-18-16-12/h2-8H,1H3,(H,15,19)(H,16,17,18). The van der Waals surface area contributed by atoms with Crippen molar-refractivity contribution in [2.24, 2.45) is 0 Å². The Kier molecular flexibility index (Phi) is 3.04. The fraction of sp³-hybridized carbons (Fsp3) is 0.0714. The van der Waals surface area contributed by atoms with E-state index in [0.29, 0.717) is 16.8 Å². The van der Waals surface area contributed by atoms with Crippen LogP contribution in [0.15, 0.2) is 42.5 Å². The molecule has 3 aromatic rings. The van der Waals surface area contributed by atoms with Gasteiger partial charge in [-0.25, -0.2) is 0 Å². The normalized spacial score (nSPS) is 10.4. The lowest BCUT2D eigenvalue weighted by Gasteiger charge is -2.06. The third-order valence-electron chi connectivity index (χ3n) is 2.93. The van der Waals surface area contributed by atoms with E-state index in [-0.39, 0.29) is 5.91 Å². The van der Waals surface area contributed by atoms with Crippen molar-refractivity contribution in [1.82, 2.24) is 15.4 Å². The van der Waals surface area contributed by atoms with E-state index in [4.69, 9.17) is 4.74 Å². The maximum Gasteiger partial charge on any atom is 0.255 e. The van der Waals surface area contributed by atoms with Crippen molar-refractivity contribution in [2.75, 3.05) is 12.4 Å². The number of carbonyl (C=O) groups is 1. The number of ether oxygens (including phenoxy) is 1. The van der Waals surface area contributed by atoms with Gasteiger partial charge in [0, 0.05) is 11.3 Å². The summed E-state index contributed by atoms with van der Waals surface area (Å²) in [6.07, 6.45) is 0. The SMILES string of the molecule is COc1ccc(NC(=O)c2ccc3n[nH]nc3c2)cc1. The first-order chi connectivity index (χ1) is 9.76. The van der Waals surface area contributed by atoms with E-state index < -0.39 is 0 Å². The molecule has 1 aromatic heterocycles. The molecule has 0 spiro atoms. The number of aromatic nitrogens is 3. The van der Waals surface area contributed by atoms with Crippen molar-refractivity contribution in [3.63, 3.8) is 0 Å². The number of hydrogen-bond donors (Lipinski definition) is 2. The number of nitrogens with one attached hydrogen (secondary N) is 2. The topological polar surface area (TPSA) is 79.9 Å². The number of carbonyl (C=O) groups excluding carboxylic acids is 1. The first-order valence-corrected chi connectivity index (χ1v) is 6.02. The van der Waals surface area contributed by atoms with E-state index >= 15 is 0 Å². The highest BCUT2D eigenvalue weighted by Gasteiger charge is 2.08. The van der Waals surface area contributed by atoms with E-state index in [1.807, 2.05) is 0 Å². The molecule has 0 aliphatic carbocycles. The number of H-pyrrole nitrogens is 1. The summed E-state index contributed by atoms with van der Waals surface area (Å²) in [5.74, 6) is 0.548. The van der Waals surface area contributed by atoms with Crippen molar-refractivity contribution in [1.29, 1.82) is 0 Å². The summed E-state index contributed by atoms with van der Waals surface area (Å²) in [6.45, 7) is 0. The maximum absolute atomic E-state index is 12.1. The third-order valence-corrected chi connectivity index (χ3v) is 2.93. The molecule has 100 valence electrons. The number of nitrogens with zero attached hydrogens (tertiary/aromatic N) is 2. The first kappa shape index (κ1) is 12.2. The van der Waals surface area contributed by atoms with Crippen LogP contribution >= 0.6 is 0 Å². The Bertz CT molecular complexity index is 749. The number of aromatic amines is 1. The molecule has 0 saturated heterocycles. The number of rotatable bonds is 3. The summed E-state index contributed by atoms with van der Waals surface area (Å²) in [7, 11) is 1.60. The molecule has 0 unspecified atom stereocenters. The second-order valence-corrected chi connectivity index (χ2v) is 4.21. The average molecular weight is 268 g/mol. The number of benzene rings is 2. The molecule has 6 nitrogen and oxygen atoms in total. The molecule has 6 heteroatoms. The zero-order valence-electron chi connectivity index (χ0n) is 10.8. The molecule has 20 heavy (non-hydrogen) atoms. The fourth-order valence-corrected chi connectivity index (χ4v) is 1.86. The highest BCUT2D eigenvalue weighted by Crippen LogP contribution is 2.17. The Morgan fingerprint density at radius 2 is 1.85 bits per heavy atom. The highest BCUT2D eigenvalue weighted by atomic mass is 16.5. The monoisotopic (exact) mass is 268 g/mol. The van der Waals surface area contributed by atoms with Crippen LogP contribution in [0.2, 0.25) is 0 Å². The molecule has 2 N–H and O–H groups in total. The number of anilines is 1. The Labute approximate surface area is 114 Å². The predicted octanol–water partition coefficient (Wildman–Crippen LogP) is 2.22. The second kappa shape index (κ2) is 5.00. The minimum atomic E-state index is -0.194. The van der Waals surface area contributed by atoms with Gasteiger partial charge in [0.05, 0.1) is 7.11 Å². The Morgan fingerprint density at radius 1 is 1.10 bits per heavy atom. The van der Waals surface area contributed by atoms with E-state index in [1.165, 1.54) is 0 Å². The van der Waals surface area contributed by atoms with Gasteiger partial charge in [0.2, 0.25) is 0 Å². The van der Waals surface area contributed by atoms with Crippen molar-refractivity contribution >= 4 is 22.6 Å². The zero-order chi connectivity index (χ0) is 13.9. The van der Waals surface area contributed by atoms with Crippen LogP contribution in [0.1, 0.15) is 10.4 Å². The Morgan fingerprint density at radius 3 is 2.60 bits per heavy atom. The molecule has 0 atom stereocenters. The number of hydrogen-bond acceptors (Lipinski definition) is 4. The number of fused-ring (bicyclic) bond motifs is 1. The van der Waals surface area contributed by atoms with Crippen LogP contribution in [-0.2, 0) is 0 Å². The quantitative estimate of drug-likeness (QED) is 0.763. The molecule has 0 bridgehead atoms. The van der Waals surface area contributed by atoms with Crippen LogP contribution in [-0.4, -0.2) is 28.4 Å². The largest absolute Gasteiger partial charge is 0.497 e. The predicted molar refractivity (Wildman–Crippen MR) is 74.8 cm³/mol. The summed E-state index contributed by atoms with van der Waals surface area (Å²) >= 11 is 0. The van der Waals surface area contributed by atoms with Crippen LogP contribution in [0.3, 0.4) is 0 Å². The lowest BCUT2D eigenvalue weighted by Crippen LogP contribution is -2.11. The summed E-state index contributed by atoms with van der Waals surface area (Å²) in [4.78, 5) is 12.1. The summed E-state index contributed by atoms with van der Waals surface area (Å²) in [5.41, 5.74) is 2.62. The van der Waals surface area contributed by atoms with Gasteiger partial charge in [0.1, 0.15) is 16.8 Å². The highest BCUT2D eigenvalue weighted by molar-refractivity contribution is 6.05. The second-order valence-electron chi connectivity index (χ2n) is 4.21. The molecule has 0 radical (unpaired) electrons. The van der Waals surface area contributed by atoms with Crippen LogP contribution in [0, 0.1) is 0 Å². The number of methoxy groups -OCH3 is 1. The van der Waals surface area contributed by atoms with Gasteiger partial charge in [0.15, 0.2) is 0 Å². The van der Waals surface area contributed by atoms with Crippen molar-refractivity contribution in [3.05, 3.63) is 48.0 Å². The van der Waals surface area contributed by atoms with Crippen molar-refractivity contribution in [2.45, 2.75) is 0 Å². The summed E-state index contributed by atoms with van der Waals surface area (Å²) < 4.78 is 5.07. The third kappa shape index (κ3) is 2.31. The fourth-order valence-electron chi connectivity index (χ4n) is 1.86. The van der Waals surface area contributed by atoms with Gasteiger partial charge in [0.25, 0.3) is 5.91 Å². The Hall–Kier alpha value is -2.89. The zero-order valence-corrected chi connectivity index (χ0v) is 10.8. The molecule has 0 aliphatic rings. The van der Waals surface area contributed by atoms with Gasteiger partial charge < -0.3 is 10.1 Å². The van der Waals surface area contributed by atoms with Gasteiger partial charge in [-0.1, -0.05) is 0 Å². The molecular formula is C14H12N4O2. The molecule has 1 heterocycles. The van der Waals surface area contributed by atoms with Gasteiger partial charge in [-0.3, -0.25) is 4.79 Å². The van der Waals surface area contributed by atoms with E-state index in [0.717, 1.165) is 11.3 Å². The lowest BCUT2D eigenvalue weighted by molar-refractivity contribution is 0.102. The molecule has 0 aliphatic heterocycles. The number of amides is 1. The van der Waals surface area contributed by atoms with Gasteiger partial charge in [-0.05, 0) is 42.5 Å². The van der Waals surface area contributed by atoms with Crippen molar-refractivity contribution in [3.8, 4) is 5.75 Å². The molecular weight excluding hydrogens is 256 g/mol. The minimum absolute atomic E-state index is 0.194. The molecule has 3 rings (SSSR count). The molecule has 2 aromatic carbocycles. The van der Waals surface area contributed by atoms with E-state index in [1.54, 1.807) is 49.6 Å². The Balaban J connectivity index is 1.80. The van der Waals surface area contributed by atoms with Gasteiger partial charge in [-0.2, -0.15) is 15.4 Å². The van der Waals surface area contributed by atoms with Crippen LogP contribution in [0.25, 0.3) is 11.0 Å². The maximum atomic E-state index is 12.1. The van der Waals surface area contributed by atoms with Crippen LogP contribution in [0.5, 0.6) is 5.75 Å². The summed E-state index contributed by atoms with van der Waals surface area (Å²) in [6, 6.07) is 12.3. The molecule has 0 saturated carbocycles. The van der Waals surface area contributed by atoms with Crippen LogP contribution < -0.4 is 10.1 Å². The minimum Gasteiger partial charge on any atom is -0.497 e. The first-order valence-electron chi connectivity index (χ1n) is 6.02. The smallest absolute Gasteiger partial charge is 0.255 e. The lowest BCUT2D eigenvalue weighted by atomic mass is 10.2. The molecule has 0 fully saturated rings. The van der Waals surface area contributed by atoms with Gasteiger partial charge in [-0.15, -0.1) is 0 Å². The van der Waals surface area contributed by atoms with Gasteiger partial charge >= 0.3 is 0 Å². The van der Waals surface area contributed by atoms with Crippen molar-refractivity contribution < 1.29 is 9.53 Å². The van der Waals surface area contributed by atoms with E-state index in [9.17, 15) is 4.79 Å². The van der Waals surface area contributed by atoms with Crippen LogP contribution in [0.4, 0.5) is 5.69 Å².